The van der Waals surface area contributed by atoms with Gasteiger partial charge in [0.15, 0.2) is 0 Å². The Balaban J connectivity index is 1.48. The van der Waals surface area contributed by atoms with Crippen molar-refractivity contribution in [2.24, 2.45) is 0 Å². The summed E-state index contributed by atoms with van der Waals surface area (Å²) in [5, 5.41) is 5.46. The number of anilines is 1. The minimum Gasteiger partial charge on any atom is -0.325 e. The average Bonchev–Trinajstić information content (AvgIpc) is 3.11. The lowest BCUT2D eigenvalue weighted by Gasteiger charge is -2.22. The summed E-state index contributed by atoms with van der Waals surface area (Å²) < 4.78 is 2.20. The van der Waals surface area contributed by atoms with Gasteiger partial charge in [0.2, 0.25) is 5.91 Å². The van der Waals surface area contributed by atoms with Crippen molar-refractivity contribution in [3.63, 3.8) is 0 Å². The quantitative estimate of drug-likeness (QED) is 0.712. The van der Waals surface area contributed by atoms with Crippen LogP contribution in [0.25, 0.3) is 10.8 Å². The van der Waals surface area contributed by atoms with E-state index in [1.165, 1.54) is 15.7 Å². The normalized spacial score (nSPS) is 17.7. The van der Waals surface area contributed by atoms with Crippen LogP contribution >= 0.6 is 11.9 Å². The van der Waals surface area contributed by atoms with Crippen molar-refractivity contribution in [3.05, 3.63) is 67.0 Å². The number of nitrogens with zero attached hydrogens (tertiary/aromatic N) is 2. The first kappa shape index (κ1) is 16.1. The first-order valence-corrected chi connectivity index (χ1v) is 9.21. The Morgan fingerprint density at radius 3 is 2.72 bits per heavy atom. The molecule has 1 amide bonds. The van der Waals surface area contributed by atoms with Gasteiger partial charge in [-0.3, -0.25) is 9.78 Å². The zero-order valence-electron chi connectivity index (χ0n) is 13.8. The minimum atomic E-state index is -0.107. The summed E-state index contributed by atoms with van der Waals surface area (Å²) in [7, 11) is 0. The molecule has 1 N–H and O–H groups in total. The Bertz CT molecular complexity index is 884. The fraction of sp³-hybridized carbons (Fsp3) is 0.200. The van der Waals surface area contributed by atoms with Crippen LogP contribution in [0.2, 0.25) is 0 Å². The topological polar surface area (TPSA) is 45.2 Å². The van der Waals surface area contributed by atoms with Gasteiger partial charge in [0.1, 0.15) is 0 Å². The van der Waals surface area contributed by atoms with Gasteiger partial charge in [0.25, 0.3) is 0 Å². The number of fused-ring (bicyclic) bond motifs is 1. The van der Waals surface area contributed by atoms with E-state index in [0.717, 1.165) is 25.1 Å². The van der Waals surface area contributed by atoms with Gasteiger partial charge in [0, 0.05) is 29.5 Å². The monoisotopic (exact) mass is 349 g/mol. The molecule has 4 rings (SSSR count). The molecule has 2 aromatic carbocycles. The van der Waals surface area contributed by atoms with Crippen molar-refractivity contribution >= 4 is 34.3 Å². The molecule has 4 nitrogen and oxygen atoms in total. The predicted octanol–water partition coefficient (Wildman–Crippen LogP) is 4.35. The third-order valence-electron chi connectivity index (χ3n) is 4.40. The molecular formula is C20H19N3OS. The maximum atomic E-state index is 12.6. The fourth-order valence-electron chi connectivity index (χ4n) is 3.13. The molecule has 5 heteroatoms. The van der Waals surface area contributed by atoms with Crippen LogP contribution in [0.4, 0.5) is 5.69 Å². The highest BCUT2D eigenvalue weighted by Gasteiger charge is 2.31. The second kappa shape index (κ2) is 7.25. The lowest BCUT2D eigenvalue weighted by atomic mass is 10.1. The highest BCUT2D eigenvalue weighted by molar-refractivity contribution is 7.97. The molecule has 0 saturated carbocycles. The molecule has 2 heterocycles. The van der Waals surface area contributed by atoms with Crippen LogP contribution in [-0.4, -0.2) is 27.8 Å². The first-order chi connectivity index (χ1) is 12.3. The van der Waals surface area contributed by atoms with Crippen molar-refractivity contribution in [2.45, 2.75) is 23.8 Å². The van der Waals surface area contributed by atoms with E-state index in [9.17, 15) is 4.79 Å². The Morgan fingerprint density at radius 2 is 1.88 bits per heavy atom. The Morgan fingerprint density at radius 1 is 1.08 bits per heavy atom. The van der Waals surface area contributed by atoms with Gasteiger partial charge in [-0.1, -0.05) is 30.3 Å². The maximum absolute atomic E-state index is 12.6. The van der Waals surface area contributed by atoms with E-state index in [1.807, 2.05) is 12.1 Å². The molecule has 25 heavy (non-hydrogen) atoms. The lowest BCUT2D eigenvalue weighted by Crippen LogP contribution is -2.35. The summed E-state index contributed by atoms with van der Waals surface area (Å²) in [6.45, 7) is 0.923. The van der Waals surface area contributed by atoms with Crippen LogP contribution in [0.1, 0.15) is 12.8 Å². The highest BCUT2D eigenvalue weighted by atomic mass is 32.2. The van der Waals surface area contributed by atoms with Crippen molar-refractivity contribution in [1.29, 1.82) is 0 Å². The molecule has 1 saturated heterocycles. The Labute approximate surface area is 151 Å². The zero-order chi connectivity index (χ0) is 17.1. The molecule has 0 bridgehead atoms. The van der Waals surface area contributed by atoms with E-state index in [1.54, 1.807) is 24.3 Å². The van der Waals surface area contributed by atoms with Gasteiger partial charge < -0.3 is 5.32 Å². The van der Waals surface area contributed by atoms with Crippen molar-refractivity contribution < 1.29 is 4.79 Å². The number of nitrogens with one attached hydrogen (secondary N) is 1. The molecule has 1 fully saturated rings. The predicted molar refractivity (Wildman–Crippen MR) is 102 cm³/mol. The Kier molecular flexibility index (Phi) is 4.68. The van der Waals surface area contributed by atoms with E-state index in [-0.39, 0.29) is 11.9 Å². The van der Waals surface area contributed by atoms with E-state index in [4.69, 9.17) is 0 Å². The van der Waals surface area contributed by atoms with E-state index in [0.29, 0.717) is 0 Å². The number of pyridine rings is 1. The number of carbonyl (C=O) groups excluding carboxylic acids is 1. The zero-order valence-corrected chi connectivity index (χ0v) is 14.6. The summed E-state index contributed by atoms with van der Waals surface area (Å²) in [5.41, 5.74) is 0.794. The highest BCUT2D eigenvalue weighted by Crippen LogP contribution is 2.33. The number of amides is 1. The minimum absolute atomic E-state index is 0.0528. The number of benzene rings is 2. The number of aromatic nitrogens is 1. The second-order valence-electron chi connectivity index (χ2n) is 6.12. The Hall–Kier alpha value is -2.37. The summed E-state index contributed by atoms with van der Waals surface area (Å²) in [4.78, 5) is 17.8. The fourth-order valence-corrected chi connectivity index (χ4v) is 4.26. The average molecular weight is 349 g/mol. The summed E-state index contributed by atoms with van der Waals surface area (Å²) in [5.74, 6) is 0.0528. The summed E-state index contributed by atoms with van der Waals surface area (Å²) in [6, 6.07) is 18.3. The third kappa shape index (κ3) is 3.67. The standard InChI is InChI=1S/C20H19N3OS/c24-20(22-17-9-11-21-12-10-17)19-6-3-13-23(19)25-18-8-7-15-4-1-2-5-16(15)14-18/h1-2,4-5,7-12,14,19H,3,6,13H2,(H,21,22,24). The SMILES string of the molecule is O=C(Nc1ccncc1)C1CCCN1Sc1ccc2ccccc2c1. The van der Waals surface area contributed by atoms with Crippen molar-refractivity contribution in [3.8, 4) is 0 Å². The third-order valence-corrected chi connectivity index (χ3v) is 5.53. The van der Waals surface area contributed by atoms with Crippen LogP contribution < -0.4 is 5.32 Å². The molecule has 1 atom stereocenters. The molecule has 0 radical (unpaired) electrons. The van der Waals surface area contributed by atoms with Crippen molar-refractivity contribution in [1.82, 2.24) is 9.29 Å². The molecular weight excluding hydrogens is 330 g/mol. The van der Waals surface area contributed by atoms with Crippen LogP contribution in [0, 0.1) is 0 Å². The molecule has 3 aromatic rings. The van der Waals surface area contributed by atoms with Crippen LogP contribution in [0.3, 0.4) is 0 Å². The largest absolute Gasteiger partial charge is 0.325 e. The lowest BCUT2D eigenvalue weighted by molar-refractivity contribution is -0.119. The van der Waals surface area contributed by atoms with E-state index in [2.05, 4.69) is 57.1 Å². The molecule has 126 valence electrons. The number of hydrogen-bond donors (Lipinski definition) is 1. The molecule has 0 aliphatic carbocycles. The molecule has 1 aromatic heterocycles. The summed E-state index contributed by atoms with van der Waals surface area (Å²) >= 11 is 1.67. The van der Waals surface area contributed by atoms with Crippen LogP contribution in [0.5, 0.6) is 0 Å². The van der Waals surface area contributed by atoms with Crippen LogP contribution in [-0.2, 0) is 4.79 Å². The molecule has 1 aliphatic heterocycles. The smallest absolute Gasteiger partial charge is 0.242 e. The van der Waals surface area contributed by atoms with Gasteiger partial charge >= 0.3 is 0 Å². The number of hydrogen-bond acceptors (Lipinski definition) is 4. The number of carbonyl (C=O) groups is 1. The second-order valence-corrected chi connectivity index (χ2v) is 7.25. The van der Waals surface area contributed by atoms with Gasteiger partial charge in [-0.05, 0) is 59.8 Å². The van der Waals surface area contributed by atoms with Gasteiger partial charge in [0.05, 0.1) is 6.04 Å². The molecule has 0 spiro atoms. The van der Waals surface area contributed by atoms with Crippen molar-refractivity contribution in [2.75, 3.05) is 11.9 Å². The van der Waals surface area contributed by atoms with E-state index >= 15 is 0 Å². The van der Waals surface area contributed by atoms with E-state index < -0.39 is 0 Å². The van der Waals surface area contributed by atoms with Gasteiger partial charge in [-0.15, -0.1) is 0 Å². The molecule has 1 aliphatic rings. The maximum Gasteiger partial charge on any atom is 0.242 e. The first-order valence-electron chi connectivity index (χ1n) is 8.44. The van der Waals surface area contributed by atoms with Gasteiger partial charge in [-0.25, -0.2) is 4.31 Å². The summed E-state index contributed by atoms with van der Waals surface area (Å²) in [6.07, 6.45) is 5.30. The van der Waals surface area contributed by atoms with Gasteiger partial charge in [-0.2, -0.15) is 0 Å². The number of rotatable bonds is 4. The van der Waals surface area contributed by atoms with Crippen LogP contribution in [0.15, 0.2) is 71.9 Å². The molecule has 1 unspecified atom stereocenters.